The minimum Gasteiger partial charge on any atom is -0.334 e. The Bertz CT molecular complexity index is 899. The number of carbonyl (C=O) groups is 1. The first kappa shape index (κ1) is 15.8. The highest BCUT2D eigenvalue weighted by Crippen LogP contribution is 2.23. The Hall–Kier alpha value is -2.73. The van der Waals surface area contributed by atoms with Crippen LogP contribution in [-0.2, 0) is 13.6 Å². The van der Waals surface area contributed by atoms with Gasteiger partial charge in [-0.1, -0.05) is 24.3 Å². The van der Waals surface area contributed by atoms with Crippen molar-refractivity contribution in [1.82, 2.24) is 24.6 Å². The van der Waals surface area contributed by atoms with E-state index in [1.807, 2.05) is 48.5 Å². The second-order valence-corrected chi connectivity index (χ2v) is 6.63. The summed E-state index contributed by atoms with van der Waals surface area (Å²) in [5.74, 6) is 0.0165. The number of hydrogen-bond donors (Lipinski definition) is 0. The van der Waals surface area contributed by atoms with Crippen molar-refractivity contribution < 1.29 is 4.79 Å². The molecule has 0 radical (unpaired) electrons. The average molecular weight is 335 g/mol. The molecule has 6 heteroatoms. The first-order valence-electron chi connectivity index (χ1n) is 8.43. The van der Waals surface area contributed by atoms with Gasteiger partial charge in [0, 0.05) is 50.5 Å². The quantitative estimate of drug-likeness (QED) is 0.731. The standard InChI is InChI=1S/C19H21N5O/c1-22(11-14-6-5-9-20-10-14)15-12-24(13-15)19(25)18-16-7-3-4-8-17(16)23(2)21-18/h3-10,15H,11-13H2,1-2H3. The van der Waals surface area contributed by atoms with E-state index in [2.05, 4.69) is 28.1 Å². The first-order valence-corrected chi connectivity index (χ1v) is 8.43. The largest absolute Gasteiger partial charge is 0.334 e. The molecule has 0 bridgehead atoms. The number of carbonyl (C=O) groups excluding carboxylic acids is 1. The fraction of sp³-hybridized carbons (Fsp3) is 0.316. The van der Waals surface area contributed by atoms with Gasteiger partial charge in [0.25, 0.3) is 5.91 Å². The van der Waals surface area contributed by atoms with Crippen molar-refractivity contribution >= 4 is 16.8 Å². The van der Waals surface area contributed by atoms with Crippen LogP contribution >= 0.6 is 0 Å². The number of amides is 1. The molecule has 6 nitrogen and oxygen atoms in total. The van der Waals surface area contributed by atoms with Crippen molar-refractivity contribution in [3.05, 3.63) is 60.0 Å². The number of benzene rings is 1. The number of fused-ring (bicyclic) bond motifs is 1. The molecule has 3 heterocycles. The zero-order valence-corrected chi connectivity index (χ0v) is 14.5. The molecule has 0 aliphatic carbocycles. The van der Waals surface area contributed by atoms with Crippen molar-refractivity contribution in [3.63, 3.8) is 0 Å². The Morgan fingerprint density at radius 3 is 2.80 bits per heavy atom. The van der Waals surface area contributed by atoms with Crippen LogP contribution in [0.3, 0.4) is 0 Å². The van der Waals surface area contributed by atoms with Gasteiger partial charge >= 0.3 is 0 Å². The van der Waals surface area contributed by atoms with Gasteiger partial charge in [0.2, 0.25) is 0 Å². The fourth-order valence-corrected chi connectivity index (χ4v) is 3.33. The third-order valence-electron chi connectivity index (χ3n) is 4.89. The van der Waals surface area contributed by atoms with E-state index >= 15 is 0 Å². The highest BCUT2D eigenvalue weighted by atomic mass is 16.2. The zero-order chi connectivity index (χ0) is 17.4. The summed E-state index contributed by atoms with van der Waals surface area (Å²) < 4.78 is 1.77. The van der Waals surface area contributed by atoms with Crippen LogP contribution < -0.4 is 0 Å². The molecule has 2 aromatic heterocycles. The van der Waals surface area contributed by atoms with Gasteiger partial charge in [0.1, 0.15) is 0 Å². The normalized spacial score (nSPS) is 14.9. The third kappa shape index (κ3) is 2.89. The summed E-state index contributed by atoms with van der Waals surface area (Å²) in [6.07, 6.45) is 3.67. The maximum atomic E-state index is 12.8. The number of para-hydroxylation sites is 1. The SMILES string of the molecule is CN(Cc1cccnc1)C1CN(C(=O)c2nn(C)c3ccccc23)C1. The maximum Gasteiger partial charge on any atom is 0.275 e. The molecule has 0 saturated carbocycles. The molecule has 25 heavy (non-hydrogen) atoms. The van der Waals surface area contributed by atoms with Gasteiger partial charge in [0.15, 0.2) is 5.69 Å². The Kier molecular flexibility index (Phi) is 3.97. The molecular weight excluding hydrogens is 314 g/mol. The van der Waals surface area contributed by atoms with Gasteiger partial charge in [0.05, 0.1) is 5.52 Å². The smallest absolute Gasteiger partial charge is 0.275 e. The van der Waals surface area contributed by atoms with Crippen molar-refractivity contribution in [2.45, 2.75) is 12.6 Å². The Morgan fingerprint density at radius 1 is 1.24 bits per heavy atom. The highest BCUT2D eigenvalue weighted by molar-refractivity contribution is 6.05. The van der Waals surface area contributed by atoms with Gasteiger partial charge in [-0.25, -0.2) is 0 Å². The highest BCUT2D eigenvalue weighted by Gasteiger charge is 2.35. The molecule has 3 aromatic rings. The molecule has 0 N–H and O–H groups in total. The average Bonchev–Trinajstić information content (AvgIpc) is 2.92. The molecule has 4 rings (SSSR count). The number of aryl methyl sites for hydroxylation is 1. The number of aromatic nitrogens is 3. The van der Waals surface area contributed by atoms with E-state index in [1.165, 1.54) is 5.56 Å². The lowest BCUT2D eigenvalue weighted by atomic mass is 10.1. The van der Waals surface area contributed by atoms with Crippen LogP contribution in [0.5, 0.6) is 0 Å². The summed E-state index contributed by atoms with van der Waals surface area (Å²) in [5, 5.41) is 5.35. The molecule has 128 valence electrons. The Morgan fingerprint density at radius 2 is 2.04 bits per heavy atom. The molecule has 0 spiro atoms. The second-order valence-electron chi connectivity index (χ2n) is 6.63. The molecule has 1 fully saturated rings. The predicted octanol–water partition coefficient (Wildman–Crippen LogP) is 1.92. The summed E-state index contributed by atoms with van der Waals surface area (Å²) in [4.78, 5) is 21.1. The molecule has 1 saturated heterocycles. The fourth-order valence-electron chi connectivity index (χ4n) is 3.33. The summed E-state index contributed by atoms with van der Waals surface area (Å²) in [6.45, 7) is 2.31. The number of likely N-dealkylation sites (N-methyl/N-ethyl adjacent to an activating group) is 1. The third-order valence-corrected chi connectivity index (χ3v) is 4.89. The summed E-state index contributed by atoms with van der Waals surface area (Å²) in [6, 6.07) is 12.3. The van der Waals surface area contributed by atoms with E-state index in [-0.39, 0.29) is 5.91 Å². The van der Waals surface area contributed by atoms with Gasteiger partial charge < -0.3 is 4.90 Å². The number of rotatable bonds is 4. The molecule has 1 aliphatic rings. The van der Waals surface area contributed by atoms with Gasteiger partial charge in [-0.2, -0.15) is 5.10 Å². The van der Waals surface area contributed by atoms with E-state index in [4.69, 9.17) is 0 Å². The van der Waals surface area contributed by atoms with Crippen LogP contribution in [-0.4, -0.2) is 56.7 Å². The van der Waals surface area contributed by atoms with E-state index < -0.39 is 0 Å². The van der Waals surface area contributed by atoms with E-state index in [1.54, 1.807) is 10.9 Å². The number of hydrogen-bond acceptors (Lipinski definition) is 4. The van der Waals surface area contributed by atoms with Crippen LogP contribution in [0.2, 0.25) is 0 Å². The first-order chi connectivity index (χ1) is 12.1. The minimum atomic E-state index is 0.0165. The molecule has 0 atom stereocenters. The molecule has 1 amide bonds. The van der Waals surface area contributed by atoms with E-state index in [0.717, 1.165) is 30.5 Å². The lowest BCUT2D eigenvalue weighted by molar-refractivity contribution is 0.0317. The summed E-state index contributed by atoms with van der Waals surface area (Å²) in [7, 11) is 3.97. The van der Waals surface area contributed by atoms with Crippen LogP contribution in [0.15, 0.2) is 48.8 Å². The lowest BCUT2D eigenvalue weighted by Gasteiger charge is -2.43. The van der Waals surface area contributed by atoms with Crippen LogP contribution in [0, 0.1) is 0 Å². The van der Waals surface area contributed by atoms with Crippen LogP contribution in [0.4, 0.5) is 0 Å². The van der Waals surface area contributed by atoms with Gasteiger partial charge in [-0.15, -0.1) is 0 Å². The second kappa shape index (κ2) is 6.29. The molecule has 1 aromatic carbocycles. The van der Waals surface area contributed by atoms with Gasteiger partial charge in [-0.05, 0) is 24.7 Å². The maximum absolute atomic E-state index is 12.8. The van der Waals surface area contributed by atoms with Gasteiger partial charge in [-0.3, -0.25) is 19.4 Å². The molecular formula is C19H21N5O. The number of likely N-dealkylation sites (tertiary alicyclic amines) is 1. The van der Waals surface area contributed by atoms with Crippen molar-refractivity contribution in [2.24, 2.45) is 7.05 Å². The van der Waals surface area contributed by atoms with E-state index in [0.29, 0.717) is 11.7 Å². The Labute approximate surface area is 146 Å². The predicted molar refractivity (Wildman–Crippen MR) is 96.1 cm³/mol. The van der Waals surface area contributed by atoms with Crippen molar-refractivity contribution in [3.8, 4) is 0 Å². The summed E-state index contributed by atoms with van der Waals surface area (Å²) in [5.41, 5.74) is 2.72. The molecule has 0 unspecified atom stereocenters. The topological polar surface area (TPSA) is 54.3 Å². The zero-order valence-electron chi connectivity index (χ0n) is 14.5. The van der Waals surface area contributed by atoms with Crippen molar-refractivity contribution in [1.29, 1.82) is 0 Å². The number of nitrogens with zero attached hydrogens (tertiary/aromatic N) is 5. The van der Waals surface area contributed by atoms with Crippen molar-refractivity contribution in [2.75, 3.05) is 20.1 Å². The molecule has 1 aliphatic heterocycles. The summed E-state index contributed by atoms with van der Waals surface area (Å²) >= 11 is 0. The number of pyridine rings is 1. The van der Waals surface area contributed by atoms with Crippen LogP contribution in [0.1, 0.15) is 16.1 Å². The lowest BCUT2D eigenvalue weighted by Crippen LogP contribution is -2.60. The van der Waals surface area contributed by atoms with Crippen LogP contribution in [0.25, 0.3) is 10.9 Å². The minimum absolute atomic E-state index is 0.0165. The monoisotopic (exact) mass is 335 g/mol. The van der Waals surface area contributed by atoms with E-state index in [9.17, 15) is 4.79 Å². The Balaban J connectivity index is 1.42.